The van der Waals surface area contributed by atoms with Gasteiger partial charge in [-0.2, -0.15) is 0 Å². The zero-order valence-electron chi connectivity index (χ0n) is 29.1. The minimum Gasteiger partial charge on any atom is -0.508 e. The Morgan fingerprint density at radius 3 is 2.17 bits per heavy atom. The van der Waals surface area contributed by atoms with Gasteiger partial charge < -0.3 is 25.4 Å². The van der Waals surface area contributed by atoms with Crippen molar-refractivity contribution in [2.24, 2.45) is 5.92 Å². The number of phenolic OH excluding ortho intramolecular Hbond substituents is 1. The van der Waals surface area contributed by atoms with E-state index in [1.165, 1.54) is 0 Å². The van der Waals surface area contributed by atoms with Gasteiger partial charge in [-0.25, -0.2) is 4.79 Å². The summed E-state index contributed by atoms with van der Waals surface area (Å²) in [6, 6.07) is 25.4. The van der Waals surface area contributed by atoms with Crippen LogP contribution >= 0.6 is 0 Å². The molecule has 8 heteroatoms. The van der Waals surface area contributed by atoms with Gasteiger partial charge in [-0.3, -0.25) is 9.59 Å². The summed E-state index contributed by atoms with van der Waals surface area (Å²) in [6.07, 6.45) is 0.869. The molecule has 0 radical (unpaired) electrons. The topological polar surface area (TPSA) is 108 Å². The predicted octanol–water partition coefficient (Wildman–Crippen LogP) is 8.32. The Balaban J connectivity index is 1.80. The molecule has 0 aliphatic carbocycles. The normalized spacial score (nSPS) is 13.4. The zero-order chi connectivity index (χ0) is 35.0. The van der Waals surface area contributed by atoms with Gasteiger partial charge in [0.15, 0.2) is 0 Å². The number of aromatic hydroxyl groups is 1. The molecular formula is C40H49N3O5. The molecular weight excluding hydrogens is 602 g/mol. The van der Waals surface area contributed by atoms with Crippen LogP contribution in [0.5, 0.6) is 5.75 Å². The van der Waals surface area contributed by atoms with E-state index < -0.39 is 29.7 Å². The van der Waals surface area contributed by atoms with E-state index in [0.717, 1.165) is 28.3 Å². The van der Waals surface area contributed by atoms with Crippen LogP contribution in [0.25, 0.3) is 10.8 Å². The third-order valence-corrected chi connectivity index (χ3v) is 8.16. The van der Waals surface area contributed by atoms with Gasteiger partial charge >= 0.3 is 6.09 Å². The zero-order valence-corrected chi connectivity index (χ0v) is 29.1. The number of carbonyl (C=O) groups is 3. The highest BCUT2D eigenvalue weighted by atomic mass is 16.6. The van der Waals surface area contributed by atoms with Crippen LogP contribution < -0.4 is 10.6 Å². The number of hydrogen-bond donors (Lipinski definition) is 3. The number of anilines is 1. The first-order valence-electron chi connectivity index (χ1n) is 16.7. The first-order chi connectivity index (χ1) is 22.7. The van der Waals surface area contributed by atoms with Gasteiger partial charge in [-0.1, -0.05) is 86.1 Å². The van der Waals surface area contributed by atoms with Crippen LogP contribution in [0.15, 0.2) is 91.0 Å². The van der Waals surface area contributed by atoms with Gasteiger partial charge in [0.25, 0.3) is 5.91 Å². The van der Waals surface area contributed by atoms with Crippen LogP contribution in [-0.4, -0.2) is 45.6 Å². The summed E-state index contributed by atoms with van der Waals surface area (Å²) in [5, 5.41) is 17.8. The summed E-state index contributed by atoms with van der Waals surface area (Å²) in [5.41, 5.74) is 2.17. The number of carbonyl (C=O) groups excluding carboxylic acids is 3. The van der Waals surface area contributed by atoms with Crippen molar-refractivity contribution in [3.8, 4) is 5.75 Å². The van der Waals surface area contributed by atoms with E-state index in [2.05, 4.69) is 24.5 Å². The predicted molar refractivity (Wildman–Crippen MR) is 192 cm³/mol. The summed E-state index contributed by atoms with van der Waals surface area (Å²) >= 11 is 0. The van der Waals surface area contributed by atoms with Gasteiger partial charge in [0.1, 0.15) is 23.4 Å². The lowest BCUT2D eigenvalue weighted by Gasteiger charge is -2.39. The van der Waals surface area contributed by atoms with Crippen molar-refractivity contribution >= 4 is 34.4 Å². The van der Waals surface area contributed by atoms with Gasteiger partial charge in [0.05, 0.1) is 0 Å². The molecule has 0 bridgehead atoms. The number of hydrogen-bond acceptors (Lipinski definition) is 5. The number of alkyl carbamates (subject to hydrolysis) is 1. The summed E-state index contributed by atoms with van der Waals surface area (Å²) < 4.78 is 5.58. The van der Waals surface area contributed by atoms with E-state index >= 15 is 0 Å². The van der Waals surface area contributed by atoms with Crippen molar-refractivity contribution in [1.29, 1.82) is 0 Å². The second-order valence-corrected chi connectivity index (χ2v) is 14.0. The summed E-state index contributed by atoms with van der Waals surface area (Å²) in [4.78, 5) is 44.3. The van der Waals surface area contributed by atoms with Crippen molar-refractivity contribution < 1.29 is 24.2 Å². The van der Waals surface area contributed by atoms with Crippen LogP contribution in [0.4, 0.5) is 10.5 Å². The number of nitrogens with zero attached hydrogens (tertiary/aromatic N) is 1. The van der Waals surface area contributed by atoms with E-state index in [9.17, 15) is 19.5 Å². The molecule has 3 N–H and O–H groups in total. The molecule has 3 atom stereocenters. The highest BCUT2D eigenvalue weighted by Crippen LogP contribution is 2.30. The standard InChI is InChI=1S/C40H49N3O5/c1-26(2)15-16-28(4)43(38(46)35(42-39(47)48-40(5,6)7)24-29-17-21-34(44)22-18-29)36(32-14-10-11-27(3)23-32)37(45)41-33-20-19-30-12-8-9-13-31(30)25-33/h8-14,17-23,25-26,28,35-36,44H,15-16,24H2,1-7H3,(H,41,45)(H,42,47). The summed E-state index contributed by atoms with van der Waals surface area (Å²) in [6.45, 7) is 13.4. The molecule has 3 unspecified atom stereocenters. The molecule has 254 valence electrons. The second-order valence-electron chi connectivity index (χ2n) is 14.0. The molecule has 0 saturated heterocycles. The van der Waals surface area contributed by atoms with Crippen molar-refractivity contribution in [3.63, 3.8) is 0 Å². The van der Waals surface area contributed by atoms with Crippen LogP contribution in [0.1, 0.15) is 77.1 Å². The third-order valence-electron chi connectivity index (χ3n) is 8.16. The van der Waals surface area contributed by atoms with Crippen LogP contribution in [0.2, 0.25) is 0 Å². The number of benzene rings is 4. The molecule has 0 heterocycles. The molecule has 0 aliphatic heterocycles. The SMILES string of the molecule is Cc1cccc(C(C(=O)Nc2ccc3ccccc3c2)N(C(=O)C(Cc2ccc(O)cc2)NC(=O)OC(C)(C)C)C(C)CCC(C)C)c1. The van der Waals surface area contributed by atoms with Crippen LogP contribution in [-0.2, 0) is 20.7 Å². The lowest BCUT2D eigenvalue weighted by atomic mass is 9.95. The highest BCUT2D eigenvalue weighted by molar-refractivity contribution is 6.00. The van der Waals surface area contributed by atoms with E-state index in [-0.39, 0.29) is 24.1 Å². The highest BCUT2D eigenvalue weighted by Gasteiger charge is 2.39. The molecule has 0 aliphatic rings. The van der Waals surface area contributed by atoms with Crippen molar-refractivity contribution in [2.75, 3.05) is 5.32 Å². The van der Waals surface area contributed by atoms with Gasteiger partial charge in [-0.05, 0) is 99.5 Å². The van der Waals surface area contributed by atoms with E-state index in [1.807, 2.05) is 80.6 Å². The Morgan fingerprint density at radius 2 is 1.52 bits per heavy atom. The smallest absolute Gasteiger partial charge is 0.408 e. The Hall–Kier alpha value is -4.85. The first-order valence-corrected chi connectivity index (χ1v) is 16.7. The Morgan fingerprint density at radius 1 is 0.833 bits per heavy atom. The average molecular weight is 652 g/mol. The van der Waals surface area contributed by atoms with Gasteiger partial charge in [0.2, 0.25) is 5.91 Å². The minimum atomic E-state index is -1.06. The first kappa shape index (κ1) is 36.0. The molecule has 48 heavy (non-hydrogen) atoms. The molecule has 8 nitrogen and oxygen atoms in total. The Labute approximate surface area is 284 Å². The van der Waals surface area contributed by atoms with Gasteiger partial charge in [0, 0.05) is 18.2 Å². The lowest BCUT2D eigenvalue weighted by Crippen LogP contribution is -2.55. The number of nitrogens with one attached hydrogen (secondary N) is 2. The molecule has 0 saturated carbocycles. The van der Waals surface area contributed by atoms with E-state index in [1.54, 1.807) is 49.9 Å². The Kier molecular flexibility index (Phi) is 11.9. The largest absolute Gasteiger partial charge is 0.508 e. The fourth-order valence-corrected chi connectivity index (χ4v) is 5.77. The molecule has 4 aromatic carbocycles. The number of rotatable bonds is 12. The van der Waals surface area contributed by atoms with Crippen LogP contribution in [0, 0.1) is 12.8 Å². The maximum Gasteiger partial charge on any atom is 0.408 e. The van der Waals surface area contributed by atoms with Crippen molar-refractivity contribution in [2.45, 2.75) is 91.5 Å². The van der Waals surface area contributed by atoms with E-state index in [0.29, 0.717) is 23.6 Å². The number of ether oxygens (including phenoxy) is 1. The van der Waals surface area contributed by atoms with Crippen molar-refractivity contribution in [3.05, 3.63) is 108 Å². The fourth-order valence-electron chi connectivity index (χ4n) is 5.77. The molecule has 3 amide bonds. The summed E-state index contributed by atoms with van der Waals surface area (Å²) in [5.74, 6) is -0.303. The van der Waals surface area contributed by atoms with Gasteiger partial charge in [-0.15, -0.1) is 0 Å². The van der Waals surface area contributed by atoms with E-state index in [4.69, 9.17) is 4.74 Å². The lowest BCUT2D eigenvalue weighted by molar-refractivity contribution is -0.143. The van der Waals surface area contributed by atoms with Crippen molar-refractivity contribution in [1.82, 2.24) is 10.2 Å². The number of phenols is 1. The quantitative estimate of drug-likeness (QED) is 0.143. The molecule has 0 spiro atoms. The summed E-state index contributed by atoms with van der Waals surface area (Å²) in [7, 11) is 0. The monoisotopic (exact) mass is 651 g/mol. The minimum absolute atomic E-state index is 0.0931. The number of aryl methyl sites for hydroxylation is 1. The number of fused-ring (bicyclic) bond motifs is 1. The Bertz CT molecular complexity index is 1710. The molecule has 0 fully saturated rings. The fraction of sp³-hybridized carbons (Fsp3) is 0.375. The molecule has 0 aromatic heterocycles. The third kappa shape index (κ3) is 10.1. The number of amides is 3. The molecule has 4 rings (SSSR count). The molecule has 4 aromatic rings. The maximum atomic E-state index is 15.0. The average Bonchev–Trinajstić information content (AvgIpc) is 3.01. The second kappa shape index (κ2) is 15.8. The maximum absolute atomic E-state index is 15.0. The van der Waals surface area contributed by atoms with Crippen LogP contribution in [0.3, 0.4) is 0 Å².